The van der Waals surface area contributed by atoms with Gasteiger partial charge in [-0.1, -0.05) is 18.7 Å². The first-order valence-corrected chi connectivity index (χ1v) is 5.27. The molecule has 0 N–H and O–H groups in total. The van der Waals surface area contributed by atoms with Gasteiger partial charge < -0.3 is 0 Å². The zero-order chi connectivity index (χ0) is 8.27. The second kappa shape index (κ2) is 4.21. The second-order valence-electron chi connectivity index (χ2n) is 2.52. The molecule has 0 unspecified atom stereocenters. The maximum absolute atomic E-state index is 11.3. The van der Waals surface area contributed by atoms with Crippen LogP contribution in [0.3, 0.4) is 0 Å². The summed E-state index contributed by atoms with van der Waals surface area (Å²) in [5.41, 5.74) is 0.951. The van der Waals surface area contributed by atoms with Gasteiger partial charge in [-0.2, -0.15) is 0 Å². The standard InChI is InChI=1S/C8H12OS2/c1-2-7(10)6-4-3-5-11-8(6)9/h10H,2-5H2,1H3/b7-6-. The zero-order valence-corrected chi connectivity index (χ0v) is 8.30. The summed E-state index contributed by atoms with van der Waals surface area (Å²) in [5.74, 6) is 0.979. The van der Waals surface area contributed by atoms with Gasteiger partial charge in [-0.05, 0) is 24.2 Å². The average molecular weight is 188 g/mol. The molecular weight excluding hydrogens is 176 g/mol. The molecule has 0 aromatic carbocycles. The van der Waals surface area contributed by atoms with Gasteiger partial charge >= 0.3 is 0 Å². The first-order valence-electron chi connectivity index (χ1n) is 3.83. The molecule has 1 fully saturated rings. The Bertz CT molecular complexity index is 196. The van der Waals surface area contributed by atoms with Crippen molar-refractivity contribution >= 4 is 29.5 Å². The molecule has 0 aromatic rings. The number of allylic oxidation sites excluding steroid dienone is 1. The van der Waals surface area contributed by atoms with Crippen LogP contribution in [-0.2, 0) is 4.79 Å². The largest absolute Gasteiger partial charge is 0.282 e. The number of thioether (sulfide) groups is 1. The van der Waals surface area contributed by atoms with E-state index in [9.17, 15) is 4.79 Å². The summed E-state index contributed by atoms with van der Waals surface area (Å²) < 4.78 is 0. The molecule has 0 saturated carbocycles. The summed E-state index contributed by atoms with van der Waals surface area (Å²) >= 11 is 5.70. The highest BCUT2D eigenvalue weighted by Crippen LogP contribution is 2.28. The molecule has 11 heavy (non-hydrogen) atoms. The van der Waals surface area contributed by atoms with Crippen molar-refractivity contribution in [1.29, 1.82) is 0 Å². The van der Waals surface area contributed by atoms with Crippen LogP contribution in [0.15, 0.2) is 10.5 Å². The molecule has 0 aromatic heterocycles. The van der Waals surface area contributed by atoms with Crippen LogP contribution < -0.4 is 0 Å². The van der Waals surface area contributed by atoms with Crippen LogP contribution in [0.25, 0.3) is 0 Å². The van der Waals surface area contributed by atoms with E-state index in [0.717, 1.165) is 35.5 Å². The Morgan fingerprint density at radius 1 is 1.73 bits per heavy atom. The summed E-state index contributed by atoms with van der Waals surface area (Å²) in [5, 5.41) is 0.239. The van der Waals surface area contributed by atoms with Gasteiger partial charge in [0.05, 0.1) is 0 Å². The molecule has 1 aliphatic heterocycles. The van der Waals surface area contributed by atoms with Crippen LogP contribution in [0, 0.1) is 0 Å². The van der Waals surface area contributed by atoms with Crippen LogP contribution in [0.4, 0.5) is 0 Å². The number of thiol groups is 1. The van der Waals surface area contributed by atoms with E-state index in [4.69, 9.17) is 0 Å². The number of hydrogen-bond acceptors (Lipinski definition) is 3. The minimum atomic E-state index is 0.239. The average Bonchev–Trinajstić information content (AvgIpc) is 2.04. The van der Waals surface area contributed by atoms with Crippen molar-refractivity contribution < 1.29 is 4.79 Å². The van der Waals surface area contributed by atoms with Crippen molar-refractivity contribution in [2.24, 2.45) is 0 Å². The van der Waals surface area contributed by atoms with Crippen LogP contribution in [-0.4, -0.2) is 10.9 Å². The van der Waals surface area contributed by atoms with Gasteiger partial charge in [0.1, 0.15) is 0 Å². The van der Waals surface area contributed by atoms with E-state index in [1.54, 1.807) is 0 Å². The number of carbonyl (C=O) groups excluding carboxylic acids is 1. The van der Waals surface area contributed by atoms with E-state index in [2.05, 4.69) is 12.6 Å². The number of hydrogen-bond donors (Lipinski definition) is 1. The molecule has 3 heteroatoms. The minimum absolute atomic E-state index is 0.239. The number of carbonyl (C=O) groups is 1. The van der Waals surface area contributed by atoms with Crippen LogP contribution in [0.5, 0.6) is 0 Å². The summed E-state index contributed by atoms with van der Waals surface area (Å²) in [6, 6.07) is 0. The molecule has 0 aliphatic carbocycles. The highest BCUT2D eigenvalue weighted by molar-refractivity contribution is 8.14. The molecule has 1 aliphatic rings. The maximum Gasteiger partial charge on any atom is 0.216 e. The van der Waals surface area contributed by atoms with Gasteiger partial charge in [0.15, 0.2) is 0 Å². The lowest BCUT2D eigenvalue weighted by atomic mass is 10.1. The summed E-state index contributed by atoms with van der Waals surface area (Å²) in [7, 11) is 0. The Hall–Kier alpha value is 0.110. The molecule has 0 radical (unpaired) electrons. The van der Waals surface area contributed by atoms with Gasteiger partial charge in [0, 0.05) is 11.3 Å². The van der Waals surface area contributed by atoms with E-state index >= 15 is 0 Å². The fourth-order valence-corrected chi connectivity index (χ4v) is 2.24. The van der Waals surface area contributed by atoms with Crippen molar-refractivity contribution in [3.05, 3.63) is 10.5 Å². The van der Waals surface area contributed by atoms with Crippen LogP contribution in [0.1, 0.15) is 26.2 Å². The van der Waals surface area contributed by atoms with Crippen molar-refractivity contribution in [1.82, 2.24) is 0 Å². The lowest BCUT2D eigenvalue weighted by Gasteiger charge is -2.13. The normalized spacial score (nSPS) is 23.6. The molecule has 0 spiro atoms. The van der Waals surface area contributed by atoms with E-state index in [0.29, 0.717) is 0 Å². The molecule has 1 saturated heterocycles. The predicted molar refractivity (Wildman–Crippen MR) is 53.0 cm³/mol. The minimum Gasteiger partial charge on any atom is -0.282 e. The highest BCUT2D eigenvalue weighted by Gasteiger charge is 2.17. The quantitative estimate of drug-likeness (QED) is 0.503. The molecule has 1 nitrogen and oxygen atoms in total. The Balaban J connectivity index is 2.75. The van der Waals surface area contributed by atoms with E-state index in [1.165, 1.54) is 11.8 Å². The number of rotatable bonds is 1. The topological polar surface area (TPSA) is 17.1 Å². The first kappa shape index (κ1) is 9.20. The van der Waals surface area contributed by atoms with Crippen LogP contribution >= 0.6 is 24.4 Å². The fraction of sp³-hybridized carbons (Fsp3) is 0.625. The molecule has 1 heterocycles. The Labute approximate surface area is 77.0 Å². The third-order valence-corrected chi connectivity index (χ3v) is 3.32. The highest BCUT2D eigenvalue weighted by atomic mass is 32.2. The van der Waals surface area contributed by atoms with Crippen LogP contribution in [0.2, 0.25) is 0 Å². The third kappa shape index (κ3) is 2.27. The smallest absolute Gasteiger partial charge is 0.216 e. The lowest BCUT2D eigenvalue weighted by Crippen LogP contribution is -2.07. The fourth-order valence-electron chi connectivity index (χ4n) is 1.08. The van der Waals surface area contributed by atoms with Crippen molar-refractivity contribution in [2.75, 3.05) is 5.75 Å². The Morgan fingerprint density at radius 3 is 3.00 bits per heavy atom. The third-order valence-electron chi connectivity index (χ3n) is 1.73. The second-order valence-corrected chi connectivity index (χ2v) is 4.13. The summed E-state index contributed by atoms with van der Waals surface area (Å²) in [4.78, 5) is 12.2. The van der Waals surface area contributed by atoms with Gasteiger partial charge in [-0.15, -0.1) is 12.6 Å². The van der Waals surface area contributed by atoms with E-state index in [1.807, 2.05) is 6.92 Å². The van der Waals surface area contributed by atoms with Gasteiger partial charge in [0.25, 0.3) is 0 Å². The molecule has 0 bridgehead atoms. The molecular formula is C8H12OS2. The predicted octanol–water partition coefficient (Wildman–Crippen LogP) is 2.63. The maximum atomic E-state index is 11.3. The van der Waals surface area contributed by atoms with E-state index < -0.39 is 0 Å². The molecule has 62 valence electrons. The van der Waals surface area contributed by atoms with Gasteiger partial charge in [0.2, 0.25) is 5.12 Å². The van der Waals surface area contributed by atoms with E-state index in [-0.39, 0.29) is 5.12 Å². The Morgan fingerprint density at radius 2 is 2.45 bits per heavy atom. The molecule has 0 amide bonds. The zero-order valence-electron chi connectivity index (χ0n) is 6.59. The van der Waals surface area contributed by atoms with Crippen molar-refractivity contribution in [3.8, 4) is 0 Å². The first-order chi connectivity index (χ1) is 5.25. The monoisotopic (exact) mass is 188 g/mol. The van der Waals surface area contributed by atoms with Gasteiger partial charge in [-0.3, -0.25) is 4.79 Å². The SMILES string of the molecule is CC/C(S)=C1\CCCSC1=O. The molecule has 1 rings (SSSR count). The summed E-state index contributed by atoms with van der Waals surface area (Å²) in [6.07, 6.45) is 2.93. The Kier molecular flexibility index (Phi) is 3.52. The van der Waals surface area contributed by atoms with Crippen molar-refractivity contribution in [2.45, 2.75) is 26.2 Å². The van der Waals surface area contributed by atoms with Crippen molar-refractivity contribution in [3.63, 3.8) is 0 Å². The lowest BCUT2D eigenvalue weighted by molar-refractivity contribution is -0.108. The molecule has 0 atom stereocenters. The summed E-state index contributed by atoms with van der Waals surface area (Å²) in [6.45, 7) is 2.03. The van der Waals surface area contributed by atoms with Gasteiger partial charge in [-0.25, -0.2) is 0 Å².